The summed E-state index contributed by atoms with van der Waals surface area (Å²) in [6, 6.07) is 19.0. The molecule has 1 N–H and O–H groups in total. The van der Waals surface area contributed by atoms with Crippen LogP contribution in [0.15, 0.2) is 77.7 Å². The molecule has 38 heavy (non-hydrogen) atoms. The van der Waals surface area contributed by atoms with Gasteiger partial charge in [0.2, 0.25) is 11.8 Å². The molecule has 0 aliphatic rings. The van der Waals surface area contributed by atoms with Gasteiger partial charge in [-0.25, -0.2) is 8.42 Å². The zero-order valence-electron chi connectivity index (χ0n) is 21.5. The lowest BCUT2D eigenvalue weighted by molar-refractivity contribution is -0.140. The molecule has 10 heteroatoms. The Balaban J connectivity index is 2.10. The molecular formula is C28H31Cl2N3O4S. The zero-order chi connectivity index (χ0) is 27.9. The molecule has 202 valence electrons. The number of anilines is 1. The third-order valence-corrected chi connectivity index (χ3v) is 8.60. The summed E-state index contributed by atoms with van der Waals surface area (Å²) >= 11 is 12.8. The van der Waals surface area contributed by atoms with Crippen molar-refractivity contribution in [2.75, 3.05) is 17.4 Å². The van der Waals surface area contributed by atoms with E-state index in [0.29, 0.717) is 39.8 Å². The molecule has 1 atom stereocenters. The summed E-state index contributed by atoms with van der Waals surface area (Å²) in [4.78, 5) is 28.4. The second-order valence-electron chi connectivity index (χ2n) is 8.65. The van der Waals surface area contributed by atoms with Crippen molar-refractivity contribution in [3.63, 3.8) is 0 Å². The second-order valence-corrected chi connectivity index (χ2v) is 11.3. The van der Waals surface area contributed by atoms with Crippen LogP contribution in [-0.2, 0) is 26.2 Å². The van der Waals surface area contributed by atoms with E-state index in [0.717, 1.165) is 4.31 Å². The van der Waals surface area contributed by atoms with Crippen molar-refractivity contribution in [2.24, 2.45) is 0 Å². The maximum atomic E-state index is 14.0. The molecule has 0 unspecified atom stereocenters. The van der Waals surface area contributed by atoms with Gasteiger partial charge in [0.05, 0.1) is 10.6 Å². The molecule has 0 spiro atoms. The molecule has 3 aromatic rings. The molecule has 0 fully saturated rings. The molecule has 0 saturated heterocycles. The third-order valence-electron chi connectivity index (χ3n) is 6.12. The maximum absolute atomic E-state index is 14.0. The van der Waals surface area contributed by atoms with Crippen LogP contribution in [0.2, 0.25) is 10.0 Å². The second kappa shape index (κ2) is 13.1. The lowest BCUT2D eigenvalue weighted by atomic mass is 10.1. The molecular weight excluding hydrogens is 545 g/mol. The highest BCUT2D eigenvalue weighted by Crippen LogP contribution is 2.29. The van der Waals surface area contributed by atoms with Gasteiger partial charge in [0, 0.05) is 28.7 Å². The van der Waals surface area contributed by atoms with Gasteiger partial charge in [0.1, 0.15) is 12.6 Å². The van der Waals surface area contributed by atoms with Crippen molar-refractivity contribution in [1.82, 2.24) is 10.2 Å². The predicted molar refractivity (Wildman–Crippen MR) is 152 cm³/mol. The molecule has 0 heterocycles. The normalized spacial score (nSPS) is 12.0. The highest BCUT2D eigenvalue weighted by atomic mass is 35.5. The smallest absolute Gasteiger partial charge is 0.264 e. The summed E-state index contributed by atoms with van der Waals surface area (Å²) in [6.07, 6.45) is 0.301. The quantitative estimate of drug-likeness (QED) is 0.330. The monoisotopic (exact) mass is 575 g/mol. The van der Waals surface area contributed by atoms with E-state index in [-0.39, 0.29) is 17.3 Å². The fraction of sp³-hybridized carbons (Fsp3) is 0.286. The van der Waals surface area contributed by atoms with Crippen LogP contribution < -0.4 is 9.62 Å². The van der Waals surface area contributed by atoms with Crippen LogP contribution >= 0.6 is 23.2 Å². The number of hydrogen-bond donors (Lipinski definition) is 1. The summed E-state index contributed by atoms with van der Waals surface area (Å²) in [5.74, 6) is -0.915. The molecule has 0 bridgehead atoms. The van der Waals surface area contributed by atoms with Crippen molar-refractivity contribution in [2.45, 2.75) is 44.7 Å². The van der Waals surface area contributed by atoms with Gasteiger partial charge in [-0.3, -0.25) is 13.9 Å². The highest BCUT2D eigenvalue weighted by molar-refractivity contribution is 7.92. The molecule has 0 aliphatic carbocycles. The Morgan fingerprint density at radius 3 is 2.08 bits per heavy atom. The van der Waals surface area contributed by atoms with Crippen LogP contribution in [-0.4, -0.2) is 44.3 Å². The van der Waals surface area contributed by atoms with Gasteiger partial charge in [0.15, 0.2) is 0 Å². The number of likely N-dealkylation sites (N-methyl/N-ethyl adjacent to an activating group) is 1. The average molecular weight is 577 g/mol. The van der Waals surface area contributed by atoms with Crippen molar-refractivity contribution in [3.05, 3.63) is 94.0 Å². The van der Waals surface area contributed by atoms with Gasteiger partial charge >= 0.3 is 0 Å². The lowest BCUT2D eigenvalue weighted by Crippen LogP contribution is -2.52. The predicted octanol–water partition coefficient (Wildman–Crippen LogP) is 5.44. The van der Waals surface area contributed by atoms with Gasteiger partial charge in [-0.05, 0) is 56.2 Å². The minimum atomic E-state index is -4.12. The number of benzene rings is 3. The first kappa shape index (κ1) is 29.5. The Morgan fingerprint density at radius 1 is 0.895 bits per heavy atom. The topological polar surface area (TPSA) is 86.8 Å². The summed E-state index contributed by atoms with van der Waals surface area (Å²) in [7, 11) is -4.12. The summed E-state index contributed by atoms with van der Waals surface area (Å²) in [5.41, 5.74) is 1.52. The van der Waals surface area contributed by atoms with Crippen molar-refractivity contribution in [1.29, 1.82) is 0 Å². The molecule has 3 aromatic carbocycles. The SMILES string of the molecule is CCNC(=O)[C@H](CC)N(Cc1c(Cl)cccc1Cl)C(=O)CN(c1ccccc1C)S(=O)(=O)c1ccccc1. The standard InChI is InChI=1S/C28H31Cl2N3O4S/c1-4-25(28(35)31-5-2)32(18-22-23(29)15-11-16-24(22)30)27(34)19-33(26-17-10-9-12-20(26)3)38(36,37)21-13-7-6-8-14-21/h6-17,25H,4-5,18-19H2,1-3H3,(H,31,35)/t25-/m0/s1. The van der Waals surface area contributed by atoms with Gasteiger partial charge in [0.25, 0.3) is 10.0 Å². The van der Waals surface area contributed by atoms with Crippen LogP contribution in [0.4, 0.5) is 5.69 Å². The van der Waals surface area contributed by atoms with Gasteiger partial charge in [-0.15, -0.1) is 0 Å². The van der Waals surface area contributed by atoms with Crippen LogP contribution in [0.3, 0.4) is 0 Å². The molecule has 2 amide bonds. The first-order chi connectivity index (χ1) is 18.1. The Hall–Kier alpha value is -3.07. The number of nitrogens with one attached hydrogen (secondary N) is 1. The molecule has 3 rings (SSSR count). The van der Waals surface area contributed by atoms with Gasteiger partial charge in [-0.1, -0.05) is 72.6 Å². The molecule has 0 aromatic heterocycles. The van der Waals surface area contributed by atoms with E-state index in [4.69, 9.17) is 23.2 Å². The Bertz CT molecular complexity index is 1360. The molecule has 0 saturated carbocycles. The lowest BCUT2D eigenvalue weighted by Gasteiger charge is -2.33. The Morgan fingerprint density at radius 2 is 1.50 bits per heavy atom. The number of carbonyl (C=O) groups excluding carboxylic acids is 2. The fourth-order valence-electron chi connectivity index (χ4n) is 4.14. The number of amides is 2. The minimum absolute atomic E-state index is 0.0486. The van der Waals surface area contributed by atoms with Crippen molar-refractivity contribution < 1.29 is 18.0 Å². The summed E-state index contributed by atoms with van der Waals surface area (Å²) in [5, 5.41) is 3.45. The fourth-order valence-corrected chi connectivity index (χ4v) is 6.16. The first-order valence-corrected chi connectivity index (χ1v) is 14.4. The minimum Gasteiger partial charge on any atom is -0.355 e. The van der Waals surface area contributed by atoms with E-state index in [1.165, 1.54) is 17.0 Å². The Labute approximate surface area is 234 Å². The first-order valence-electron chi connectivity index (χ1n) is 12.2. The number of nitrogens with zero attached hydrogens (tertiary/aromatic N) is 2. The number of carbonyl (C=O) groups is 2. The highest BCUT2D eigenvalue weighted by Gasteiger charge is 2.34. The molecule has 0 aliphatic heterocycles. The van der Waals surface area contributed by atoms with E-state index >= 15 is 0 Å². The number of para-hydroxylation sites is 1. The zero-order valence-corrected chi connectivity index (χ0v) is 23.9. The number of hydrogen-bond acceptors (Lipinski definition) is 4. The largest absolute Gasteiger partial charge is 0.355 e. The van der Waals surface area contributed by atoms with Crippen LogP contribution in [0.1, 0.15) is 31.4 Å². The van der Waals surface area contributed by atoms with Gasteiger partial charge in [-0.2, -0.15) is 0 Å². The third kappa shape index (κ3) is 6.67. The maximum Gasteiger partial charge on any atom is 0.264 e. The van der Waals surface area contributed by atoms with Crippen molar-refractivity contribution in [3.8, 4) is 0 Å². The van der Waals surface area contributed by atoms with Crippen LogP contribution in [0.25, 0.3) is 0 Å². The number of sulfonamides is 1. The van der Waals surface area contributed by atoms with Crippen LogP contribution in [0.5, 0.6) is 0 Å². The van der Waals surface area contributed by atoms with Gasteiger partial charge < -0.3 is 10.2 Å². The van der Waals surface area contributed by atoms with E-state index < -0.39 is 28.5 Å². The van der Waals surface area contributed by atoms with E-state index in [2.05, 4.69) is 5.32 Å². The summed E-state index contributed by atoms with van der Waals surface area (Å²) in [6.45, 7) is 5.13. The molecule has 7 nitrogen and oxygen atoms in total. The number of aryl methyl sites for hydroxylation is 1. The number of halogens is 2. The van der Waals surface area contributed by atoms with E-state index in [9.17, 15) is 18.0 Å². The van der Waals surface area contributed by atoms with E-state index in [1.54, 1.807) is 81.4 Å². The van der Waals surface area contributed by atoms with Crippen molar-refractivity contribution >= 4 is 50.7 Å². The summed E-state index contributed by atoms with van der Waals surface area (Å²) < 4.78 is 28.7. The van der Waals surface area contributed by atoms with E-state index in [1.807, 2.05) is 0 Å². The average Bonchev–Trinajstić information content (AvgIpc) is 2.89. The molecule has 0 radical (unpaired) electrons. The number of rotatable bonds is 11. The van der Waals surface area contributed by atoms with Crippen LogP contribution in [0, 0.1) is 6.92 Å². The Kier molecular flexibility index (Phi) is 10.2.